The van der Waals surface area contributed by atoms with Gasteiger partial charge in [-0.25, -0.2) is 8.78 Å². The Labute approximate surface area is 85.2 Å². The molecule has 0 aliphatic rings. The summed E-state index contributed by atoms with van der Waals surface area (Å²) in [4.78, 5) is 21.6. The normalized spacial score (nSPS) is 10.8. The number of hydrogen-bond donors (Lipinski definition) is 0. The third kappa shape index (κ3) is 8.61. The second-order valence-electron chi connectivity index (χ2n) is 2.27. The lowest BCUT2D eigenvalue weighted by Crippen LogP contribution is -2.13. The van der Waals surface area contributed by atoms with E-state index in [0.717, 1.165) is 12.2 Å². The summed E-state index contributed by atoms with van der Waals surface area (Å²) < 4.78 is 31.6. The summed E-state index contributed by atoms with van der Waals surface area (Å²) in [5.74, 6) is -1.66. The Kier molecular flexibility index (Phi) is 7.84. The van der Waals surface area contributed by atoms with Crippen molar-refractivity contribution in [1.82, 2.24) is 0 Å². The fraction of sp³-hybridized carbons (Fsp3) is 0.333. The molecule has 84 valence electrons. The van der Waals surface area contributed by atoms with Crippen LogP contribution < -0.4 is 0 Å². The third-order valence-electron chi connectivity index (χ3n) is 1.15. The molecule has 0 N–H and O–H groups in total. The molecular weight excluding hydrogens is 210 g/mol. The first-order chi connectivity index (χ1) is 7.20. The summed E-state index contributed by atoms with van der Waals surface area (Å²) in [7, 11) is 0. The van der Waals surface area contributed by atoms with Gasteiger partial charge in [0.1, 0.15) is 19.6 Å². The molecule has 0 fully saturated rings. The molecular formula is C9H10F2O4. The number of carbonyl (C=O) groups is 2. The Morgan fingerprint density at radius 1 is 0.933 bits per heavy atom. The van der Waals surface area contributed by atoms with Crippen LogP contribution in [0.3, 0.4) is 0 Å². The zero-order valence-electron chi connectivity index (χ0n) is 7.82. The van der Waals surface area contributed by atoms with Crippen LogP contribution in [0.2, 0.25) is 0 Å². The van der Waals surface area contributed by atoms with Gasteiger partial charge in [-0.15, -0.1) is 0 Å². The Bertz CT molecular complexity index is 235. The third-order valence-corrected chi connectivity index (χ3v) is 1.15. The quantitative estimate of drug-likeness (QED) is 0.502. The molecule has 0 aliphatic carbocycles. The van der Waals surface area contributed by atoms with E-state index in [0.29, 0.717) is 0 Å². The Hall–Kier alpha value is -1.72. The lowest BCUT2D eigenvalue weighted by molar-refractivity contribution is -0.153. The van der Waals surface area contributed by atoms with Gasteiger partial charge < -0.3 is 9.47 Å². The van der Waals surface area contributed by atoms with Gasteiger partial charge in [0.25, 0.3) is 0 Å². The van der Waals surface area contributed by atoms with Gasteiger partial charge in [0.05, 0.1) is 12.7 Å². The van der Waals surface area contributed by atoms with Crippen molar-refractivity contribution in [1.29, 1.82) is 0 Å². The molecule has 0 rings (SSSR count). The minimum absolute atomic E-state index is 0.220. The van der Waals surface area contributed by atoms with Gasteiger partial charge >= 0.3 is 11.9 Å². The van der Waals surface area contributed by atoms with E-state index in [1.54, 1.807) is 0 Å². The van der Waals surface area contributed by atoms with Crippen LogP contribution in [-0.2, 0) is 19.1 Å². The van der Waals surface area contributed by atoms with E-state index >= 15 is 0 Å². The second kappa shape index (κ2) is 8.86. The molecule has 0 heterocycles. The average Bonchev–Trinajstić information content (AvgIpc) is 2.18. The first kappa shape index (κ1) is 13.3. The molecule has 0 radical (unpaired) electrons. The zero-order chi connectivity index (χ0) is 11.5. The maximum absolute atomic E-state index is 11.4. The highest BCUT2D eigenvalue weighted by Gasteiger charge is 2.10. The van der Waals surface area contributed by atoms with Gasteiger partial charge in [-0.2, -0.15) is 0 Å². The molecule has 0 aliphatic heterocycles. The van der Waals surface area contributed by atoms with E-state index in [-0.39, 0.29) is 25.9 Å². The monoisotopic (exact) mass is 220 g/mol. The molecule has 0 aromatic heterocycles. The highest BCUT2D eigenvalue weighted by atomic mass is 19.1. The molecule has 0 aromatic carbocycles. The molecule has 15 heavy (non-hydrogen) atoms. The minimum atomic E-state index is -0.831. The first-order valence-corrected chi connectivity index (χ1v) is 4.02. The highest BCUT2D eigenvalue weighted by molar-refractivity contribution is 5.91. The second-order valence-corrected chi connectivity index (χ2v) is 2.27. The topological polar surface area (TPSA) is 52.6 Å². The van der Waals surface area contributed by atoms with E-state index in [2.05, 4.69) is 9.47 Å². The van der Waals surface area contributed by atoms with Crippen molar-refractivity contribution in [3.63, 3.8) is 0 Å². The van der Waals surface area contributed by atoms with Crippen molar-refractivity contribution < 1.29 is 27.8 Å². The fourth-order valence-corrected chi connectivity index (χ4v) is 0.575. The molecule has 0 unspecified atom stereocenters. The zero-order valence-corrected chi connectivity index (χ0v) is 7.82. The molecule has 0 amide bonds. The SMILES string of the molecule is O=C(CC(=O)OCC=CF)OCC=CF. The van der Waals surface area contributed by atoms with Gasteiger partial charge in [-0.1, -0.05) is 0 Å². The predicted octanol–water partition coefficient (Wildman–Crippen LogP) is 1.43. The standard InChI is InChI=1S/C9H10F2O4/c10-3-1-5-14-8(12)7-9(13)15-6-2-4-11/h1-4H,5-7H2. The average molecular weight is 220 g/mol. The summed E-state index contributed by atoms with van der Waals surface area (Å²) in [5, 5.41) is 0. The van der Waals surface area contributed by atoms with E-state index in [1.165, 1.54) is 0 Å². The van der Waals surface area contributed by atoms with Crippen LogP contribution in [0.25, 0.3) is 0 Å². The van der Waals surface area contributed by atoms with E-state index < -0.39 is 18.4 Å². The number of carbonyl (C=O) groups excluding carboxylic acids is 2. The van der Waals surface area contributed by atoms with Gasteiger partial charge in [-0.3, -0.25) is 9.59 Å². The van der Waals surface area contributed by atoms with Gasteiger partial charge in [-0.05, 0) is 12.2 Å². The van der Waals surface area contributed by atoms with Crippen LogP contribution in [-0.4, -0.2) is 25.2 Å². The number of esters is 2. The van der Waals surface area contributed by atoms with Crippen molar-refractivity contribution >= 4 is 11.9 Å². The predicted molar refractivity (Wildman–Crippen MR) is 47.0 cm³/mol. The number of hydrogen-bond acceptors (Lipinski definition) is 4. The number of halogens is 2. The molecule has 0 spiro atoms. The largest absolute Gasteiger partial charge is 0.461 e. The van der Waals surface area contributed by atoms with Crippen molar-refractivity contribution in [2.24, 2.45) is 0 Å². The summed E-state index contributed by atoms with van der Waals surface area (Å²) in [6, 6.07) is 0. The van der Waals surface area contributed by atoms with Crippen LogP contribution in [0, 0.1) is 0 Å². The van der Waals surface area contributed by atoms with Crippen LogP contribution >= 0.6 is 0 Å². The van der Waals surface area contributed by atoms with Crippen LogP contribution in [0.4, 0.5) is 8.78 Å². The Balaban J connectivity index is 3.62. The summed E-state index contributed by atoms with van der Waals surface area (Å²) >= 11 is 0. The molecule has 0 aromatic rings. The first-order valence-electron chi connectivity index (χ1n) is 4.02. The van der Waals surface area contributed by atoms with Crippen molar-refractivity contribution in [2.75, 3.05) is 13.2 Å². The molecule has 0 bridgehead atoms. The molecule has 0 saturated heterocycles. The van der Waals surface area contributed by atoms with Crippen LogP contribution in [0.15, 0.2) is 24.8 Å². The Morgan fingerprint density at radius 2 is 1.33 bits per heavy atom. The summed E-state index contributed by atoms with van der Waals surface area (Å²) in [6.45, 7) is -0.486. The van der Waals surface area contributed by atoms with Crippen molar-refractivity contribution in [3.05, 3.63) is 24.8 Å². The Morgan fingerprint density at radius 3 is 1.67 bits per heavy atom. The number of ether oxygens (including phenoxy) is 2. The summed E-state index contributed by atoms with van der Waals surface area (Å²) in [6.07, 6.45) is 1.79. The molecule has 4 nitrogen and oxygen atoms in total. The molecule has 0 atom stereocenters. The van der Waals surface area contributed by atoms with Crippen molar-refractivity contribution in [3.8, 4) is 0 Å². The van der Waals surface area contributed by atoms with E-state index in [4.69, 9.17) is 0 Å². The van der Waals surface area contributed by atoms with Crippen LogP contribution in [0.1, 0.15) is 6.42 Å². The van der Waals surface area contributed by atoms with Gasteiger partial charge in [0, 0.05) is 0 Å². The van der Waals surface area contributed by atoms with Gasteiger partial charge in [0.2, 0.25) is 0 Å². The fourth-order valence-electron chi connectivity index (χ4n) is 0.575. The maximum Gasteiger partial charge on any atom is 0.317 e. The summed E-state index contributed by atoms with van der Waals surface area (Å²) in [5.41, 5.74) is 0. The molecule has 6 heteroatoms. The maximum atomic E-state index is 11.4. The van der Waals surface area contributed by atoms with Crippen molar-refractivity contribution in [2.45, 2.75) is 6.42 Å². The van der Waals surface area contributed by atoms with E-state index in [1.807, 2.05) is 0 Å². The van der Waals surface area contributed by atoms with Crippen LogP contribution in [0.5, 0.6) is 0 Å². The van der Waals surface area contributed by atoms with Gasteiger partial charge in [0.15, 0.2) is 0 Å². The lowest BCUT2D eigenvalue weighted by Gasteiger charge is -2.01. The smallest absolute Gasteiger partial charge is 0.317 e. The molecule has 0 saturated carbocycles. The minimum Gasteiger partial charge on any atom is -0.461 e. The highest BCUT2D eigenvalue weighted by Crippen LogP contribution is 1.92. The lowest BCUT2D eigenvalue weighted by atomic mass is 10.4. The number of rotatable bonds is 6. The van der Waals surface area contributed by atoms with E-state index in [9.17, 15) is 18.4 Å².